The first-order chi connectivity index (χ1) is 7.81. The Bertz CT molecular complexity index is 459. The van der Waals surface area contributed by atoms with Crippen molar-refractivity contribution in [3.05, 3.63) is 35.8 Å². The highest BCUT2D eigenvalue weighted by molar-refractivity contribution is 5.78. The third-order valence-corrected chi connectivity index (χ3v) is 2.82. The molecule has 0 aliphatic heterocycles. The Morgan fingerprint density at radius 2 is 2.06 bits per heavy atom. The molecule has 2 rings (SSSR count). The molecule has 2 heteroatoms. The summed E-state index contributed by atoms with van der Waals surface area (Å²) < 4.78 is 18.9. The standard InChI is InChI=1S/C14H17FO/c1-2-3-4-5-8-12-10-11-7-6-9-13(15)14(11)16-12/h6-7,9-10H,2-5,8H2,1H3. The van der Waals surface area contributed by atoms with Gasteiger partial charge in [-0.1, -0.05) is 38.3 Å². The monoisotopic (exact) mass is 220 g/mol. The number of benzene rings is 1. The van der Waals surface area contributed by atoms with Crippen molar-refractivity contribution in [2.24, 2.45) is 0 Å². The second kappa shape index (κ2) is 5.15. The number of hydrogen-bond acceptors (Lipinski definition) is 1. The third-order valence-electron chi connectivity index (χ3n) is 2.82. The SMILES string of the molecule is CCCCCCc1cc2cccc(F)c2o1. The number of rotatable bonds is 5. The first-order valence-electron chi connectivity index (χ1n) is 5.98. The van der Waals surface area contributed by atoms with Gasteiger partial charge in [-0.15, -0.1) is 0 Å². The van der Waals surface area contributed by atoms with Crippen molar-refractivity contribution in [2.75, 3.05) is 0 Å². The number of halogens is 1. The quantitative estimate of drug-likeness (QED) is 0.666. The van der Waals surface area contributed by atoms with Crippen LogP contribution in [0, 0.1) is 5.82 Å². The summed E-state index contributed by atoms with van der Waals surface area (Å²) in [6, 6.07) is 6.99. The molecule has 0 N–H and O–H groups in total. The zero-order chi connectivity index (χ0) is 11.4. The molecule has 0 bridgehead atoms. The molecular weight excluding hydrogens is 203 g/mol. The lowest BCUT2D eigenvalue weighted by atomic mass is 10.1. The molecule has 0 saturated heterocycles. The average molecular weight is 220 g/mol. The molecule has 1 nitrogen and oxygen atoms in total. The number of hydrogen-bond donors (Lipinski definition) is 0. The van der Waals surface area contributed by atoms with Gasteiger partial charge in [0.15, 0.2) is 11.4 Å². The number of unbranched alkanes of at least 4 members (excludes halogenated alkanes) is 3. The van der Waals surface area contributed by atoms with Gasteiger partial charge in [0.25, 0.3) is 0 Å². The van der Waals surface area contributed by atoms with Crippen LogP contribution >= 0.6 is 0 Å². The highest BCUT2D eigenvalue weighted by atomic mass is 19.1. The molecule has 16 heavy (non-hydrogen) atoms. The van der Waals surface area contributed by atoms with Crippen molar-refractivity contribution >= 4 is 11.0 Å². The van der Waals surface area contributed by atoms with E-state index >= 15 is 0 Å². The van der Waals surface area contributed by atoms with Gasteiger partial charge in [0.2, 0.25) is 0 Å². The van der Waals surface area contributed by atoms with E-state index in [1.807, 2.05) is 12.1 Å². The van der Waals surface area contributed by atoms with Crippen LogP contribution in [-0.4, -0.2) is 0 Å². The van der Waals surface area contributed by atoms with Crippen LogP contribution in [0.1, 0.15) is 38.4 Å². The third kappa shape index (κ3) is 2.43. The van der Waals surface area contributed by atoms with Crippen molar-refractivity contribution in [1.82, 2.24) is 0 Å². The fourth-order valence-electron chi connectivity index (χ4n) is 1.93. The van der Waals surface area contributed by atoms with Gasteiger partial charge in [0.05, 0.1) is 0 Å². The molecule has 2 aromatic rings. The minimum Gasteiger partial charge on any atom is -0.458 e. The van der Waals surface area contributed by atoms with E-state index in [2.05, 4.69) is 6.92 Å². The lowest BCUT2D eigenvalue weighted by molar-refractivity contribution is 0.505. The molecule has 0 atom stereocenters. The van der Waals surface area contributed by atoms with Crippen molar-refractivity contribution in [3.8, 4) is 0 Å². The van der Waals surface area contributed by atoms with E-state index < -0.39 is 0 Å². The first-order valence-corrected chi connectivity index (χ1v) is 5.98. The average Bonchev–Trinajstić information content (AvgIpc) is 2.69. The summed E-state index contributed by atoms with van der Waals surface area (Å²) in [5, 5.41) is 0.866. The van der Waals surface area contributed by atoms with Crippen LogP contribution in [0.3, 0.4) is 0 Å². The van der Waals surface area contributed by atoms with E-state index in [1.165, 1.54) is 25.3 Å². The Kier molecular flexibility index (Phi) is 3.60. The Morgan fingerprint density at radius 3 is 2.81 bits per heavy atom. The number of furan rings is 1. The number of aryl methyl sites for hydroxylation is 1. The molecule has 0 aliphatic carbocycles. The highest BCUT2D eigenvalue weighted by Gasteiger charge is 2.07. The molecule has 1 heterocycles. The lowest BCUT2D eigenvalue weighted by Crippen LogP contribution is -1.81. The Hall–Kier alpha value is -1.31. The van der Waals surface area contributed by atoms with E-state index in [-0.39, 0.29) is 5.82 Å². The zero-order valence-corrected chi connectivity index (χ0v) is 9.63. The predicted molar refractivity (Wildman–Crippen MR) is 64.0 cm³/mol. The van der Waals surface area contributed by atoms with Gasteiger partial charge in [-0.2, -0.15) is 0 Å². The summed E-state index contributed by atoms with van der Waals surface area (Å²) in [7, 11) is 0. The van der Waals surface area contributed by atoms with Crippen LogP contribution in [0.4, 0.5) is 4.39 Å². The fourth-order valence-corrected chi connectivity index (χ4v) is 1.93. The summed E-state index contributed by atoms with van der Waals surface area (Å²) in [4.78, 5) is 0. The van der Waals surface area contributed by atoms with Crippen LogP contribution in [0.5, 0.6) is 0 Å². The van der Waals surface area contributed by atoms with Crippen molar-refractivity contribution in [2.45, 2.75) is 39.0 Å². The maximum Gasteiger partial charge on any atom is 0.169 e. The predicted octanol–water partition coefficient (Wildman–Crippen LogP) is 4.69. The summed E-state index contributed by atoms with van der Waals surface area (Å²) in [5.74, 6) is 0.633. The Labute approximate surface area is 95.3 Å². The number of fused-ring (bicyclic) bond motifs is 1. The summed E-state index contributed by atoms with van der Waals surface area (Å²) >= 11 is 0. The molecular formula is C14H17FO. The molecule has 86 valence electrons. The minimum absolute atomic E-state index is 0.266. The van der Waals surface area contributed by atoms with E-state index in [0.717, 1.165) is 24.0 Å². The Balaban J connectivity index is 2.05. The summed E-state index contributed by atoms with van der Waals surface area (Å²) in [6.45, 7) is 2.19. The molecule has 0 radical (unpaired) electrons. The second-order valence-corrected chi connectivity index (χ2v) is 4.18. The molecule has 1 aromatic carbocycles. The minimum atomic E-state index is -0.266. The maximum absolute atomic E-state index is 13.3. The van der Waals surface area contributed by atoms with Crippen LogP contribution < -0.4 is 0 Å². The largest absolute Gasteiger partial charge is 0.458 e. The molecule has 0 saturated carbocycles. The molecule has 0 spiro atoms. The Morgan fingerprint density at radius 1 is 1.19 bits per heavy atom. The molecule has 0 amide bonds. The number of para-hydroxylation sites is 1. The van der Waals surface area contributed by atoms with Gasteiger partial charge in [-0.25, -0.2) is 4.39 Å². The first kappa shape index (κ1) is 11.2. The van der Waals surface area contributed by atoms with E-state index in [4.69, 9.17) is 4.42 Å². The zero-order valence-electron chi connectivity index (χ0n) is 9.63. The second-order valence-electron chi connectivity index (χ2n) is 4.18. The van der Waals surface area contributed by atoms with Gasteiger partial charge in [-0.05, 0) is 18.6 Å². The van der Waals surface area contributed by atoms with Gasteiger partial charge >= 0.3 is 0 Å². The van der Waals surface area contributed by atoms with Crippen LogP contribution in [0.2, 0.25) is 0 Å². The van der Waals surface area contributed by atoms with E-state index in [1.54, 1.807) is 6.07 Å². The fraction of sp³-hybridized carbons (Fsp3) is 0.429. The maximum atomic E-state index is 13.3. The smallest absolute Gasteiger partial charge is 0.169 e. The van der Waals surface area contributed by atoms with Gasteiger partial charge in [-0.3, -0.25) is 0 Å². The van der Waals surface area contributed by atoms with Crippen molar-refractivity contribution < 1.29 is 8.81 Å². The normalized spacial score (nSPS) is 11.1. The van der Waals surface area contributed by atoms with Gasteiger partial charge in [0, 0.05) is 11.8 Å². The molecule has 0 aliphatic rings. The topological polar surface area (TPSA) is 13.1 Å². The summed E-state index contributed by atoms with van der Waals surface area (Å²) in [6.07, 6.45) is 5.74. The van der Waals surface area contributed by atoms with Gasteiger partial charge in [0.1, 0.15) is 5.76 Å². The van der Waals surface area contributed by atoms with Gasteiger partial charge < -0.3 is 4.42 Å². The van der Waals surface area contributed by atoms with E-state index in [0.29, 0.717) is 5.58 Å². The van der Waals surface area contributed by atoms with E-state index in [9.17, 15) is 4.39 Å². The van der Waals surface area contributed by atoms with Crippen LogP contribution in [0.25, 0.3) is 11.0 Å². The molecule has 1 aromatic heterocycles. The van der Waals surface area contributed by atoms with Crippen molar-refractivity contribution in [3.63, 3.8) is 0 Å². The molecule has 0 fully saturated rings. The lowest BCUT2D eigenvalue weighted by Gasteiger charge is -1.96. The van der Waals surface area contributed by atoms with Crippen LogP contribution in [0.15, 0.2) is 28.7 Å². The molecule has 0 unspecified atom stereocenters. The van der Waals surface area contributed by atoms with Crippen LogP contribution in [-0.2, 0) is 6.42 Å². The highest BCUT2D eigenvalue weighted by Crippen LogP contribution is 2.23. The summed E-state index contributed by atoms with van der Waals surface area (Å²) in [5.41, 5.74) is 0.396. The van der Waals surface area contributed by atoms with Crippen molar-refractivity contribution in [1.29, 1.82) is 0 Å².